The van der Waals surface area contributed by atoms with Crippen LogP contribution in [0.1, 0.15) is 51.6 Å². The molecular formula is C22H22N2O2. The lowest BCUT2D eigenvalue weighted by Crippen LogP contribution is -2.36. The molecule has 2 aromatic rings. The molecule has 0 N–H and O–H groups in total. The minimum absolute atomic E-state index is 0.00971. The second-order valence-electron chi connectivity index (χ2n) is 6.89. The molecule has 0 bridgehead atoms. The van der Waals surface area contributed by atoms with Crippen molar-refractivity contribution in [3.8, 4) is 6.07 Å². The highest BCUT2D eigenvalue weighted by Gasteiger charge is 2.27. The molecule has 0 spiro atoms. The van der Waals surface area contributed by atoms with E-state index in [0.29, 0.717) is 24.2 Å². The van der Waals surface area contributed by atoms with Crippen molar-refractivity contribution in [3.05, 3.63) is 64.7 Å². The minimum atomic E-state index is -0.0137. The highest BCUT2D eigenvalue weighted by atomic mass is 16.1. The summed E-state index contributed by atoms with van der Waals surface area (Å²) in [5.41, 5.74) is 3.88. The normalized spacial score (nSPS) is 14.7. The first-order chi connectivity index (χ1) is 12.5. The molecule has 0 atom stereocenters. The molecular weight excluding hydrogens is 324 g/mol. The molecule has 1 saturated heterocycles. The van der Waals surface area contributed by atoms with Crippen LogP contribution in [0.25, 0.3) is 0 Å². The van der Waals surface area contributed by atoms with E-state index in [2.05, 4.69) is 11.0 Å². The van der Waals surface area contributed by atoms with Crippen molar-refractivity contribution in [3.63, 3.8) is 0 Å². The van der Waals surface area contributed by atoms with Crippen LogP contribution < -0.4 is 4.90 Å². The smallest absolute Gasteiger partial charge is 0.166 e. The highest BCUT2D eigenvalue weighted by Crippen LogP contribution is 2.29. The average Bonchev–Trinajstić information content (AvgIpc) is 2.67. The van der Waals surface area contributed by atoms with Gasteiger partial charge in [-0.05, 0) is 44.9 Å². The SMILES string of the molecule is CC(=O)c1ccc(C#N)c(N2CCC(C(=O)c3ccc(C)cc3)CC2)c1. The number of nitriles is 1. The quantitative estimate of drug-likeness (QED) is 0.780. The highest BCUT2D eigenvalue weighted by molar-refractivity contribution is 5.98. The van der Waals surface area contributed by atoms with E-state index in [1.54, 1.807) is 18.2 Å². The number of ketones is 2. The summed E-state index contributed by atoms with van der Waals surface area (Å²) in [6.45, 7) is 4.95. The number of piperidine rings is 1. The Hall–Kier alpha value is -2.93. The standard InChI is InChI=1S/C22H22N2O2/c1-15-3-5-17(6-4-15)22(26)18-9-11-24(12-10-18)21-13-19(16(2)25)7-8-20(21)14-23/h3-8,13,18H,9-12H2,1-2H3. The van der Waals surface area contributed by atoms with E-state index in [-0.39, 0.29) is 17.5 Å². The summed E-state index contributed by atoms with van der Waals surface area (Å²) in [6, 6.07) is 15.1. The fraction of sp³-hybridized carbons (Fsp3) is 0.318. The van der Waals surface area contributed by atoms with Crippen LogP contribution >= 0.6 is 0 Å². The molecule has 26 heavy (non-hydrogen) atoms. The molecule has 3 rings (SSSR count). The van der Waals surface area contributed by atoms with Crippen molar-refractivity contribution < 1.29 is 9.59 Å². The first kappa shape index (κ1) is 17.9. The molecule has 0 aliphatic carbocycles. The zero-order valence-electron chi connectivity index (χ0n) is 15.2. The molecule has 0 radical (unpaired) electrons. The summed E-state index contributed by atoms with van der Waals surface area (Å²) < 4.78 is 0. The van der Waals surface area contributed by atoms with Crippen molar-refractivity contribution in [1.29, 1.82) is 5.26 Å². The van der Waals surface area contributed by atoms with Gasteiger partial charge in [0.25, 0.3) is 0 Å². The molecule has 0 unspecified atom stereocenters. The molecule has 0 saturated carbocycles. The topological polar surface area (TPSA) is 61.2 Å². The van der Waals surface area contributed by atoms with E-state index in [4.69, 9.17) is 0 Å². The number of rotatable bonds is 4. The lowest BCUT2D eigenvalue weighted by Gasteiger charge is -2.33. The van der Waals surface area contributed by atoms with E-state index in [1.165, 1.54) is 6.92 Å². The zero-order chi connectivity index (χ0) is 18.7. The minimum Gasteiger partial charge on any atom is -0.370 e. The molecule has 1 heterocycles. The van der Waals surface area contributed by atoms with E-state index < -0.39 is 0 Å². The number of aryl methyl sites for hydroxylation is 1. The molecule has 4 heteroatoms. The van der Waals surface area contributed by atoms with Gasteiger partial charge in [0, 0.05) is 30.1 Å². The Morgan fingerprint density at radius 3 is 2.23 bits per heavy atom. The van der Waals surface area contributed by atoms with Gasteiger partial charge in [-0.3, -0.25) is 9.59 Å². The predicted molar refractivity (Wildman–Crippen MR) is 102 cm³/mol. The second kappa shape index (κ2) is 7.53. The van der Waals surface area contributed by atoms with Gasteiger partial charge in [-0.25, -0.2) is 0 Å². The van der Waals surface area contributed by atoms with Gasteiger partial charge in [0.1, 0.15) is 6.07 Å². The van der Waals surface area contributed by atoms with Crippen molar-refractivity contribution in [2.24, 2.45) is 5.92 Å². The number of hydrogen-bond acceptors (Lipinski definition) is 4. The number of carbonyl (C=O) groups is 2. The molecule has 1 fully saturated rings. The van der Waals surface area contributed by atoms with Crippen molar-refractivity contribution >= 4 is 17.3 Å². The van der Waals surface area contributed by atoms with Gasteiger partial charge in [-0.2, -0.15) is 5.26 Å². The van der Waals surface area contributed by atoms with Crippen LogP contribution in [0.3, 0.4) is 0 Å². The largest absolute Gasteiger partial charge is 0.370 e. The molecule has 0 amide bonds. The fourth-order valence-electron chi connectivity index (χ4n) is 3.44. The third kappa shape index (κ3) is 3.67. The molecule has 4 nitrogen and oxygen atoms in total. The van der Waals surface area contributed by atoms with E-state index >= 15 is 0 Å². The van der Waals surface area contributed by atoms with Crippen molar-refractivity contribution in [1.82, 2.24) is 0 Å². The van der Waals surface area contributed by atoms with Gasteiger partial charge < -0.3 is 4.90 Å². The Balaban J connectivity index is 1.73. The maximum Gasteiger partial charge on any atom is 0.166 e. The number of hydrogen-bond donors (Lipinski definition) is 0. The molecule has 0 aromatic heterocycles. The first-order valence-corrected chi connectivity index (χ1v) is 8.90. The fourth-order valence-corrected chi connectivity index (χ4v) is 3.44. The van der Waals surface area contributed by atoms with Crippen LogP contribution in [0.15, 0.2) is 42.5 Å². The van der Waals surface area contributed by atoms with Gasteiger partial charge in [0.2, 0.25) is 0 Å². The van der Waals surface area contributed by atoms with E-state index in [1.807, 2.05) is 31.2 Å². The van der Waals surface area contributed by atoms with Crippen molar-refractivity contribution in [2.75, 3.05) is 18.0 Å². The number of anilines is 1. The van der Waals surface area contributed by atoms with Gasteiger partial charge in [-0.1, -0.05) is 29.8 Å². The first-order valence-electron chi connectivity index (χ1n) is 8.90. The molecule has 1 aliphatic rings. The van der Waals surface area contributed by atoms with Crippen LogP contribution in [-0.4, -0.2) is 24.7 Å². The van der Waals surface area contributed by atoms with Crippen molar-refractivity contribution in [2.45, 2.75) is 26.7 Å². The van der Waals surface area contributed by atoms with Gasteiger partial charge >= 0.3 is 0 Å². The third-order valence-corrected chi connectivity index (χ3v) is 5.07. The maximum absolute atomic E-state index is 12.7. The second-order valence-corrected chi connectivity index (χ2v) is 6.89. The average molecular weight is 346 g/mol. The van der Waals surface area contributed by atoms with Gasteiger partial charge in [0.05, 0.1) is 11.3 Å². The number of benzene rings is 2. The van der Waals surface area contributed by atoms with Crippen LogP contribution in [0, 0.1) is 24.2 Å². The van der Waals surface area contributed by atoms with E-state index in [9.17, 15) is 14.9 Å². The zero-order valence-corrected chi connectivity index (χ0v) is 15.2. The molecule has 1 aliphatic heterocycles. The molecule has 2 aromatic carbocycles. The third-order valence-electron chi connectivity index (χ3n) is 5.07. The van der Waals surface area contributed by atoms with Crippen LogP contribution in [0.4, 0.5) is 5.69 Å². The Labute approximate surface area is 154 Å². The summed E-state index contributed by atoms with van der Waals surface area (Å²) in [4.78, 5) is 26.5. The van der Waals surface area contributed by atoms with E-state index in [0.717, 1.165) is 29.7 Å². The summed E-state index contributed by atoms with van der Waals surface area (Å²) in [6.07, 6.45) is 1.50. The van der Waals surface area contributed by atoms with Gasteiger partial charge in [0.15, 0.2) is 11.6 Å². The van der Waals surface area contributed by atoms with Crippen LogP contribution in [0.5, 0.6) is 0 Å². The maximum atomic E-state index is 12.7. The Kier molecular flexibility index (Phi) is 5.18. The lowest BCUT2D eigenvalue weighted by molar-refractivity contribution is 0.0900. The summed E-state index contributed by atoms with van der Waals surface area (Å²) >= 11 is 0. The Morgan fingerprint density at radius 1 is 1.04 bits per heavy atom. The Bertz CT molecular complexity index is 870. The summed E-state index contributed by atoms with van der Waals surface area (Å²) in [7, 11) is 0. The summed E-state index contributed by atoms with van der Waals surface area (Å²) in [5.74, 6) is 0.193. The van der Waals surface area contributed by atoms with Crippen LogP contribution in [0.2, 0.25) is 0 Å². The number of nitrogens with zero attached hydrogens (tertiary/aromatic N) is 2. The Morgan fingerprint density at radius 2 is 1.65 bits per heavy atom. The number of Topliss-reactive ketones (excluding diaryl/α,β-unsaturated/α-hetero) is 2. The number of carbonyl (C=O) groups excluding carboxylic acids is 2. The summed E-state index contributed by atoms with van der Waals surface area (Å²) in [5, 5.41) is 9.37. The van der Waals surface area contributed by atoms with Gasteiger partial charge in [-0.15, -0.1) is 0 Å². The molecule has 132 valence electrons. The van der Waals surface area contributed by atoms with Crippen LogP contribution in [-0.2, 0) is 0 Å². The lowest BCUT2D eigenvalue weighted by atomic mass is 9.88. The monoisotopic (exact) mass is 346 g/mol. The predicted octanol–water partition coefficient (Wildman–Crippen LogP) is 4.17.